The van der Waals surface area contributed by atoms with Crippen LogP contribution in [0.3, 0.4) is 0 Å². The molecule has 0 saturated heterocycles. The van der Waals surface area contributed by atoms with Crippen molar-refractivity contribution >= 4 is 10.1 Å². The number of allylic oxidation sites excluding steroid dienone is 1. The Balaban J connectivity index is 3.53. The maximum atomic E-state index is 10.2. The monoisotopic (exact) mass is 149 g/mol. The molecule has 0 fully saturated rings. The molecule has 0 aliphatic rings. The van der Waals surface area contributed by atoms with Crippen LogP contribution in [0.4, 0.5) is 0 Å². The molecule has 0 aliphatic heterocycles. The second-order valence-corrected chi connectivity index (χ2v) is 3.10. The minimum atomic E-state index is -3.28. The van der Waals surface area contributed by atoms with Crippen molar-refractivity contribution in [3.05, 3.63) is 19.1 Å². The van der Waals surface area contributed by atoms with Crippen LogP contribution in [0, 0.1) is 6.92 Å². The van der Waals surface area contributed by atoms with Crippen LogP contribution >= 0.6 is 0 Å². The highest BCUT2D eigenvalue weighted by Gasteiger charge is 1.96. The third-order valence-corrected chi connectivity index (χ3v) is 1.11. The van der Waals surface area contributed by atoms with E-state index in [1.54, 1.807) is 0 Å². The van der Waals surface area contributed by atoms with Gasteiger partial charge in [0.15, 0.2) is 0 Å². The van der Waals surface area contributed by atoms with E-state index < -0.39 is 10.1 Å². The lowest BCUT2D eigenvalue weighted by Gasteiger charge is -1.92. The van der Waals surface area contributed by atoms with Gasteiger partial charge < -0.3 is 0 Å². The molecule has 1 radical (unpaired) electrons. The maximum absolute atomic E-state index is 10.2. The fourth-order valence-corrected chi connectivity index (χ4v) is 0.557. The average molecular weight is 149 g/mol. The fourth-order valence-electron chi connectivity index (χ4n) is 0.231. The molecule has 0 aliphatic carbocycles. The Labute approximate surface area is 55.5 Å². The highest BCUT2D eigenvalue weighted by atomic mass is 32.2. The first-order valence-electron chi connectivity index (χ1n) is 2.35. The van der Waals surface area contributed by atoms with Crippen molar-refractivity contribution in [2.75, 3.05) is 12.9 Å². The van der Waals surface area contributed by atoms with Crippen molar-refractivity contribution < 1.29 is 12.6 Å². The minimum absolute atomic E-state index is 0.0718. The van der Waals surface area contributed by atoms with Crippen LogP contribution < -0.4 is 0 Å². The number of rotatable bonds is 3. The average Bonchev–Trinajstić information content (AvgIpc) is 1.63. The third kappa shape index (κ3) is 7.65. The van der Waals surface area contributed by atoms with Crippen molar-refractivity contribution in [1.82, 2.24) is 0 Å². The minimum Gasteiger partial charge on any atom is -0.266 e. The van der Waals surface area contributed by atoms with Gasteiger partial charge in [0.2, 0.25) is 0 Å². The summed E-state index contributed by atoms with van der Waals surface area (Å²) in [5.41, 5.74) is 0. The van der Waals surface area contributed by atoms with Crippen molar-refractivity contribution in [3.63, 3.8) is 0 Å². The van der Waals surface area contributed by atoms with E-state index in [1.165, 1.54) is 12.2 Å². The molecule has 0 unspecified atom stereocenters. The lowest BCUT2D eigenvalue weighted by atomic mass is 10.6. The van der Waals surface area contributed by atoms with Crippen LogP contribution in [0.2, 0.25) is 0 Å². The van der Waals surface area contributed by atoms with E-state index in [-0.39, 0.29) is 6.61 Å². The molecule has 4 heteroatoms. The zero-order chi connectivity index (χ0) is 7.33. The van der Waals surface area contributed by atoms with Gasteiger partial charge in [-0.15, -0.1) is 0 Å². The molecule has 0 amide bonds. The largest absolute Gasteiger partial charge is 0.266 e. The molecule has 0 heterocycles. The van der Waals surface area contributed by atoms with Crippen molar-refractivity contribution in [2.45, 2.75) is 0 Å². The van der Waals surface area contributed by atoms with Gasteiger partial charge in [0.1, 0.15) is 0 Å². The quantitative estimate of drug-likeness (QED) is 0.544. The summed E-state index contributed by atoms with van der Waals surface area (Å²) >= 11 is 0. The Kier molecular flexibility index (Phi) is 3.49. The highest BCUT2D eigenvalue weighted by molar-refractivity contribution is 7.85. The van der Waals surface area contributed by atoms with Gasteiger partial charge in [0.25, 0.3) is 10.1 Å². The van der Waals surface area contributed by atoms with Gasteiger partial charge in [-0.3, -0.25) is 4.18 Å². The van der Waals surface area contributed by atoms with Crippen molar-refractivity contribution in [1.29, 1.82) is 0 Å². The van der Waals surface area contributed by atoms with E-state index in [0.29, 0.717) is 0 Å². The Hall–Kier alpha value is -0.350. The van der Waals surface area contributed by atoms with Crippen molar-refractivity contribution in [3.8, 4) is 0 Å². The molecule has 0 aromatic rings. The van der Waals surface area contributed by atoms with Crippen LogP contribution in [0.15, 0.2) is 12.2 Å². The predicted molar refractivity (Wildman–Crippen MR) is 35.3 cm³/mol. The Morgan fingerprint density at radius 1 is 1.67 bits per heavy atom. The standard InChI is InChI=1S/C5H9O3S/c1-3-4-5-8-9(2,6)7/h3-4H,1,5H2,2H3. The molecule has 0 atom stereocenters. The highest BCUT2D eigenvalue weighted by Crippen LogP contribution is 1.85. The predicted octanol–water partition coefficient (Wildman–Crippen LogP) is 0.353. The molecule has 0 rings (SSSR count). The molecular weight excluding hydrogens is 140 g/mol. The van der Waals surface area contributed by atoms with Crippen LogP contribution in [-0.2, 0) is 14.3 Å². The van der Waals surface area contributed by atoms with E-state index in [1.807, 2.05) is 0 Å². The Bertz CT molecular complexity index is 178. The van der Waals surface area contributed by atoms with E-state index in [4.69, 9.17) is 0 Å². The summed E-state index contributed by atoms with van der Waals surface area (Å²) in [6.45, 7) is 3.42. The zero-order valence-corrected chi connectivity index (χ0v) is 6.02. The smallest absolute Gasteiger partial charge is 0.264 e. The van der Waals surface area contributed by atoms with Gasteiger partial charge in [-0.2, -0.15) is 8.42 Å². The Morgan fingerprint density at radius 3 is 2.56 bits per heavy atom. The first kappa shape index (κ1) is 8.65. The third-order valence-electron chi connectivity index (χ3n) is 0.545. The van der Waals surface area contributed by atoms with Gasteiger partial charge in [-0.05, 0) is 6.92 Å². The van der Waals surface area contributed by atoms with Gasteiger partial charge in [0.05, 0.1) is 12.9 Å². The van der Waals surface area contributed by atoms with E-state index in [2.05, 4.69) is 11.1 Å². The number of hydrogen-bond donors (Lipinski definition) is 0. The van der Waals surface area contributed by atoms with Crippen LogP contribution in [0.25, 0.3) is 0 Å². The molecule has 0 spiro atoms. The molecule has 0 saturated carbocycles. The molecule has 0 N–H and O–H groups in total. The summed E-state index contributed by atoms with van der Waals surface area (Å²) in [4.78, 5) is 0. The molecular formula is C5H9O3S. The summed E-state index contributed by atoms with van der Waals surface area (Å²) in [6.07, 6.45) is 4.00. The summed E-state index contributed by atoms with van der Waals surface area (Å²) in [5.74, 6) is 0. The first-order chi connectivity index (χ1) is 4.06. The molecule has 0 aromatic carbocycles. The maximum Gasteiger partial charge on any atom is 0.264 e. The van der Waals surface area contributed by atoms with E-state index in [9.17, 15) is 8.42 Å². The summed E-state index contributed by atoms with van der Waals surface area (Å²) in [5, 5.41) is 0. The lowest BCUT2D eigenvalue weighted by Crippen LogP contribution is -2.01. The second kappa shape index (κ2) is 3.63. The van der Waals surface area contributed by atoms with Gasteiger partial charge in [-0.1, -0.05) is 12.2 Å². The zero-order valence-electron chi connectivity index (χ0n) is 5.20. The molecule has 0 bridgehead atoms. The van der Waals surface area contributed by atoms with E-state index in [0.717, 1.165) is 6.26 Å². The van der Waals surface area contributed by atoms with Crippen LogP contribution in [0.5, 0.6) is 0 Å². The summed E-state index contributed by atoms with van der Waals surface area (Å²) in [7, 11) is -3.28. The molecule has 0 aromatic heterocycles. The first-order valence-corrected chi connectivity index (χ1v) is 4.16. The molecule has 3 nitrogen and oxygen atoms in total. The normalized spacial score (nSPS) is 12.7. The number of hydrogen-bond acceptors (Lipinski definition) is 3. The van der Waals surface area contributed by atoms with Gasteiger partial charge >= 0.3 is 0 Å². The summed E-state index contributed by atoms with van der Waals surface area (Å²) in [6, 6.07) is 0. The van der Waals surface area contributed by atoms with Crippen LogP contribution in [-0.4, -0.2) is 21.3 Å². The second-order valence-electron chi connectivity index (χ2n) is 1.46. The Morgan fingerprint density at radius 2 is 2.22 bits per heavy atom. The summed E-state index contributed by atoms with van der Waals surface area (Å²) < 4.78 is 24.8. The van der Waals surface area contributed by atoms with Crippen molar-refractivity contribution in [2.24, 2.45) is 0 Å². The molecule has 9 heavy (non-hydrogen) atoms. The lowest BCUT2D eigenvalue weighted by molar-refractivity contribution is 0.361. The topological polar surface area (TPSA) is 43.4 Å². The SMILES string of the molecule is [CH2]C=CCOS(C)(=O)=O. The fraction of sp³-hybridized carbons (Fsp3) is 0.400. The van der Waals surface area contributed by atoms with Gasteiger partial charge in [-0.25, -0.2) is 0 Å². The van der Waals surface area contributed by atoms with Crippen LogP contribution in [0.1, 0.15) is 0 Å². The van der Waals surface area contributed by atoms with E-state index >= 15 is 0 Å². The molecule has 53 valence electrons. The van der Waals surface area contributed by atoms with Gasteiger partial charge in [0, 0.05) is 0 Å².